The zero-order valence-electron chi connectivity index (χ0n) is 6.64. The van der Waals surface area contributed by atoms with Crippen LogP contribution < -0.4 is 3.53 Å². The van der Waals surface area contributed by atoms with E-state index in [2.05, 4.69) is 26.4 Å². The van der Waals surface area contributed by atoms with Crippen LogP contribution in [0.1, 0.15) is 13.3 Å². The highest BCUT2D eigenvalue weighted by atomic mass is 127. The Bertz CT molecular complexity index is 151. The molecule has 1 unspecified atom stereocenters. The van der Waals surface area contributed by atoms with E-state index < -0.39 is 0 Å². The van der Waals surface area contributed by atoms with E-state index in [0.717, 1.165) is 26.1 Å². The van der Waals surface area contributed by atoms with Gasteiger partial charge in [-0.2, -0.15) is 0 Å². The van der Waals surface area contributed by atoms with Gasteiger partial charge in [0.15, 0.2) is 0 Å². The van der Waals surface area contributed by atoms with Crippen LogP contribution in [0.4, 0.5) is 0 Å². The number of carbonyl (C=O) groups is 1. The predicted molar refractivity (Wildman–Crippen MR) is 52.4 cm³/mol. The second-order valence-corrected chi connectivity index (χ2v) is 3.72. The maximum atomic E-state index is 10.9. The molecule has 1 rings (SSSR count). The Hall–Kier alpha value is 0.160. The number of carbonyl (C=O) groups excluding carboxylic acids is 1. The van der Waals surface area contributed by atoms with Crippen LogP contribution in [0.5, 0.6) is 0 Å². The molecule has 1 amide bonds. The van der Waals surface area contributed by atoms with Crippen molar-refractivity contribution in [2.24, 2.45) is 5.92 Å². The molecule has 0 aliphatic carbocycles. The Morgan fingerprint density at radius 1 is 1.82 bits per heavy atom. The number of hydrogen-bond donors (Lipinski definition) is 1. The standard InChI is InChI=1S/C7H13IN2O/c1-6(11)10-3-2-7(5-10)4-9-8/h7,9H,2-5H2,1H3. The Morgan fingerprint density at radius 3 is 3.00 bits per heavy atom. The number of nitrogens with zero attached hydrogens (tertiary/aromatic N) is 1. The summed E-state index contributed by atoms with van der Waals surface area (Å²) in [5.74, 6) is 0.872. The van der Waals surface area contributed by atoms with Crippen LogP contribution in [0.2, 0.25) is 0 Å². The van der Waals surface area contributed by atoms with Gasteiger partial charge in [-0.05, 0) is 12.3 Å². The number of nitrogens with one attached hydrogen (secondary N) is 1. The molecular formula is C7H13IN2O. The van der Waals surface area contributed by atoms with Gasteiger partial charge < -0.3 is 4.90 Å². The first kappa shape index (κ1) is 9.25. The average molecular weight is 268 g/mol. The highest BCUT2D eigenvalue weighted by Gasteiger charge is 2.23. The first-order chi connectivity index (χ1) is 5.24. The first-order valence-corrected chi connectivity index (χ1v) is 4.91. The van der Waals surface area contributed by atoms with Crippen LogP contribution in [0.3, 0.4) is 0 Å². The minimum Gasteiger partial charge on any atom is -0.343 e. The van der Waals surface area contributed by atoms with Gasteiger partial charge >= 0.3 is 0 Å². The van der Waals surface area contributed by atoms with E-state index in [4.69, 9.17) is 0 Å². The van der Waals surface area contributed by atoms with Crippen molar-refractivity contribution in [1.29, 1.82) is 0 Å². The first-order valence-electron chi connectivity index (χ1n) is 3.83. The van der Waals surface area contributed by atoms with E-state index in [1.165, 1.54) is 0 Å². The number of hydrogen-bond acceptors (Lipinski definition) is 2. The van der Waals surface area contributed by atoms with Crippen LogP contribution in [0.15, 0.2) is 0 Å². The third-order valence-electron chi connectivity index (χ3n) is 2.10. The molecule has 1 fully saturated rings. The zero-order chi connectivity index (χ0) is 8.27. The van der Waals surface area contributed by atoms with Crippen molar-refractivity contribution < 1.29 is 4.79 Å². The molecule has 0 spiro atoms. The molecule has 0 aromatic heterocycles. The molecule has 0 radical (unpaired) electrons. The second-order valence-electron chi connectivity index (χ2n) is 2.96. The zero-order valence-corrected chi connectivity index (χ0v) is 8.80. The van der Waals surface area contributed by atoms with Gasteiger partial charge in [-0.15, -0.1) is 0 Å². The van der Waals surface area contributed by atoms with Crippen LogP contribution >= 0.6 is 22.9 Å². The van der Waals surface area contributed by atoms with Gasteiger partial charge in [0.1, 0.15) is 0 Å². The number of rotatable bonds is 2. The number of amides is 1. The lowest BCUT2D eigenvalue weighted by molar-refractivity contribution is -0.127. The van der Waals surface area contributed by atoms with Crippen LogP contribution in [-0.4, -0.2) is 30.4 Å². The number of halogens is 1. The van der Waals surface area contributed by atoms with Gasteiger partial charge in [0, 0.05) is 49.4 Å². The highest BCUT2D eigenvalue weighted by molar-refractivity contribution is 14.1. The minimum absolute atomic E-state index is 0.209. The van der Waals surface area contributed by atoms with E-state index in [9.17, 15) is 4.79 Å². The minimum atomic E-state index is 0.209. The lowest BCUT2D eigenvalue weighted by Gasteiger charge is -2.12. The highest BCUT2D eigenvalue weighted by Crippen LogP contribution is 2.15. The smallest absolute Gasteiger partial charge is 0.219 e. The fourth-order valence-corrected chi connectivity index (χ4v) is 2.02. The Kier molecular flexibility index (Phi) is 3.58. The van der Waals surface area contributed by atoms with Crippen molar-refractivity contribution >= 4 is 28.8 Å². The summed E-state index contributed by atoms with van der Waals surface area (Å²) in [6.45, 7) is 4.54. The average Bonchev–Trinajstić information content (AvgIpc) is 2.37. The van der Waals surface area contributed by atoms with Crippen molar-refractivity contribution in [3.05, 3.63) is 0 Å². The van der Waals surface area contributed by atoms with Crippen molar-refractivity contribution in [3.63, 3.8) is 0 Å². The Morgan fingerprint density at radius 2 is 2.55 bits per heavy atom. The molecule has 0 aromatic carbocycles. The van der Waals surface area contributed by atoms with Crippen LogP contribution in [0, 0.1) is 5.92 Å². The van der Waals surface area contributed by atoms with Crippen molar-refractivity contribution in [2.45, 2.75) is 13.3 Å². The van der Waals surface area contributed by atoms with Gasteiger partial charge in [0.05, 0.1) is 0 Å². The van der Waals surface area contributed by atoms with Crippen LogP contribution in [0.25, 0.3) is 0 Å². The molecule has 64 valence electrons. The van der Waals surface area contributed by atoms with Crippen molar-refractivity contribution in [1.82, 2.24) is 8.43 Å². The normalized spacial score (nSPS) is 24.2. The summed E-state index contributed by atoms with van der Waals surface area (Å²) in [5.41, 5.74) is 0. The molecule has 1 aliphatic heterocycles. The maximum Gasteiger partial charge on any atom is 0.219 e. The summed E-state index contributed by atoms with van der Waals surface area (Å²) < 4.78 is 3.10. The molecule has 1 N–H and O–H groups in total. The molecule has 3 nitrogen and oxygen atoms in total. The van der Waals surface area contributed by atoms with Crippen molar-refractivity contribution in [2.75, 3.05) is 19.6 Å². The van der Waals surface area contributed by atoms with Gasteiger partial charge in [-0.3, -0.25) is 8.32 Å². The largest absolute Gasteiger partial charge is 0.343 e. The Balaban J connectivity index is 2.29. The van der Waals surface area contributed by atoms with Crippen molar-refractivity contribution in [3.8, 4) is 0 Å². The van der Waals surface area contributed by atoms with E-state index in [-0.39, 0.29) is 5.91 Å². The summed E-state index contributed by atoms with van der Waals surface area (Å²) >= 11 is 2.15. The van der Waals surface area contributed by atoms with Gasteiger partial charge in [-0.25, -0.2) is 0 Å². The molecule has 11 heavy (non-hydrogen) atoms. The third kappa shape index (κ3) is 2.59. The molecule has 1 heterocycles. The maximum absolute atomic E-state index is 10.9. The second kappa shape index (κ2) is 4.25. The fourth-order valence-electron chi connectivity index (χ4n) is 1.39. The Labute approximate surface area is 81.0 Å². The summed E-state index contributed by atoms with van der Waals surface area (Å²) in [6, 6.07) is 0. The molecule has 1 saturated heterocycles. The summed E-state index contributed by atoms with van der Waals surface area (Å²) in [4.78, 5) is 12.8. The quantitative estimate of drug-likeness (QED) is 0.593. The van der Waals surface area contributed by atoms with Crippen LogP contribution in [-0.2, 0) is 4.79 Å². The molecule has 1 aliphatic rings. The molecule has 0 bridgehead atoms. The monoisotopic (exact) mass is 268 g/mol. The summed E-state index contributed by atoms with van der Waals surface area (Å²) in [6.07, 6.45) is 1.15. The molecule has 0 aromatic rings. The topological polar surface area (TPSA) is 32.3 Å². The molecule has 4 heteroatoms. The summed E-state index contributed by atoms with van der Waals surface area (Å²) in [7, 11) is 0. The van der Waals surface area contributed by atoms with Gasteiger partial charge in [0.2, 0.25) is 5.91 Å². The van der Waals surface area contributed by atoms with E-state index in [1.807, 2.05) is 4.90 Å². The van der Waals surface area contributed by atoms with E-state index >= 15 is 0 Å². The fraction of sp³-hybridized carbons (Fsp3) is 0.857. The summed E-state index contributed by atoms with van der Waals surface area (Å²) in [5, 5.41) is 0. The lowest BCUT2D eigenvalue weighted by Crippen LogP contribution is -2.27. The molecule has 0 saturated carbocycles. The number of likely N-dealkylation sites (tertiary alicyclic amines) is 1. The predicted octanol–water partition coefficient (Wildman–Crippen LogP) is 0.794. The SMILES string of the molecule is CC(=O)N1CCC(CNI)C1. The molecule has 1 atom stereocenters. The molecular weight excluding hydrogens is 255 g/mol. The van der Waals surface area contributed by atoms with Gasteiger partial charge in [0.25, 0.3) is 0 Å². The van der Waals surface area contributed by atoms with Gasteiger partial charge in [-0.1, -0.05) is 0 Å². The third-order valence-corrected chi connectivity index (χ3v) is 2.54. The lowest BCUT2D eigenvalue weighted by atomic mass is 10.1. The van der Waals surface area contributed by atoms with E-state index in [0.29, 0.717) is 5.92 Å². The van der Waals surface area contributed by atoms with E-state index in [1.54, 1.807) is 6.92 Å².